The molecule has 1 fully saturated rings. The Hall–Kier alpha value is -0.860. The van der Waals surface area contributed by atoms with Gasteiger partial charge in [-0.3, -0.25) is 5.84 Å². The Balaban J connectivity index is 2.25. The molecule has 2 heteroatoms. The van der Waals surface area contributed by atoms with Gasteiger partial charge in [-0.1, -0.05) is 29.8 Å². The second-order valence-electron chi connectivity index (χ2n) is 3.13. The molecule has 0 saturated carbocycles. The summed E-state index contributed by atoms with van der Waals surface area (Å²) in [6.45, 7) is 3.11. The number of rotatable bonds is 1. The van der Waals surface area contributed by atoms with E-state index >= 15 is 0 Å². The maximum Gasteiger partial charge on any atom is 0.0632 e. The number of nitrogens with two attached hydrogens (primary N) is 1. The summed E-state index contributed by atoms with van der Waals surface area (Å²) in [6, 6.07) is 8.99. The Labute approximate surface area is 66.6 Å². The number of hydrazine groups is 1. The lowest BCUT2D eigenvalue weighted by atomic mass is 10.1. The van der Waals surface area contributed by atoms with Crippen LogP contribution in [0.5, 0.6) is 0 Å². The van der Waals surface area contributed by atoms with E-state index in [1.165, 1.54) is 11.1 Å². The van der Waals surface area contributed by atoms with Gasteiger partial charge in [0.2, 0.25) is 0 Å². The number of benzene rings is 1. The van der Waals surface area contributed by atoms with Gasteiger partial charge in [0.25, 0.3) is 0 Å². The van der Waals surface area contributed by atoms with Crippen molar-refractivity contribution < 1.29 is 0 Å². The number of aryl methyl sites for hydroxylation is 1. The molecule has 11 heavy (non-hydrogen) atoms. The zero-order valence-corrected chi connectivity index (χ0v) is 6.62. The first-order valence-electron chi connectivity index (χ1n) is 3.85. The first-order chi connectivity index (χ1) is 5.27. The molecule has 2 nitrogen and oxygen atoms in total. The van der Waals surface area contributed by atoms with Crippen LogP contribution in [-0.4, -0.2) is 11.6 Å². The summed E-state index contributed by atoms with van der Waals surface area (Å²) in [5.41, 5.74) is 2.65. The Morgan fingerprint density at radius 3 is 2.82 bits per heavy atom. The minimum absolute atomic E-state index is 0.481. The van der Waals surface area contributed by atoms with E-state index in [9.17, 15) is 0 Å². The molecule has 58 valence electrons. The van der Waals surface area contributed by atoms with Gasteiger partial charge in [0.05, 0.1) is 6.04 Å². The van der Waals surface area contributed by atoms with Crippen molar-refractivity contribution in [2.75, 3.05) is 6.54 Å². The zero-order chi connectivity index (χ0) is 7.84. The van der Waals surface area contributed by atoms with E-state index in [1.54, 1.807) is 0 Å². The monoisotopic (exact) mass is 148 g/mol. The van der Waals surface area contributed by atoms with Crippen LogP contribution >= 0.6 is 0 Å². The smallest absolute Gasteiger partial charge is 0.0632 e. The molecule has 1 saturated heterocycles. The Bertz CT molecular complexity index is 270. The summed E-state index contributed by atoms with van der Waals surface area (Å²) in [6.07, 6.45) is 0. The van der Waals surface area contributed by atoms with Crippen molar-refractivity contribution in [2.45, 2.75) is 13.0 Å². The fourth-order valence-electron chi connectivity index (χ4n) is 1.33. The molecule has 1 aliphatic heterocycles. The van der Waals surface area contributed by atoms with Crippen LogP contribution in [-0.2, 0) is 0 Å². The highest BCUT2D eigenvalue weighted by molar-refractivity contribution is 5.27. The van der Waals surface area contributed by atoms with Gasteiger partial charge in [0.1, 0.15) is 0 Å². The fourth-order valence-corrected chi connectivity index (χ4v) is 1.33. The summed E-state index contributed by atoms with van der Waals surface area (Å²) in [7, 11) is 0. The highest BCUT2D eigenvalue weighted by Gasteiger charge is 2.31. The average Bonchev–Trinajstić information content (AvgIpc) is 2.67. The maximum atomic E-state index is 5.58. The quantitative estimate of drug-likeness (QED) is 0.479. The lowest BCUT2D eigenvalue weighted by molar-refractivity contribution is 0.548. The van der Waals surface area contributed by atoms with Gasteiger partial charge in [-0.2, -0.15) is 0 Å². The Kier molecular flexibility index (Phi) is 1.44. The van der Waals surface area contributed by atoms with Gasteiger partial charge in [-0.15, -0.1) is 0 Å². The van der Waals surface area contributed by atoms with E-state index in [4.69, 9.17) is 5.84 Å². The Morgan fingerprint density at radius 2 is 2.27 bits per heavy atom. The molecule has 2 unspecified atom stereocenters. The third kappa shape index (κ3) is 1.27. The molecule has 0 aromatic heterocycles. The third-order valence-electron chi connectivity index (χ3n) is 2.08. The highest BCUT2D eigenvalue weighted by atomic mass is 15.5. The second-order valence-corrected chi connectivity index (χ2v) is 3.13. The Morgan fingerprint density at radius 1 is 1.55 bits per heavy atom. The van der Waals surface area contributed by atoms with Crippen LogP contribution in [0.4, 0.5) is 0 Å². The topological polar surface area (TPSA) is 29.0 Å². The lowest BCUT2D eigenvalue weighted by Gasteiger charge is -1.98. The molecule has 0 amide bonds. The van der Waals surface area contributed by atoms with Crippen LogP contribution in [0.2, 0.25) is 0 Å². The van der Waals surface area contributed by atoms with E-state index in [2.05, 4.69) is 31.2 Å². The van der Waals surface area contributed by atoms with E-state index in [-0.39, 0.29) is 0 Å². The number of nitrogens with zero attached hydrogens (tertiary/aromatic N) is 1. The van der Waals surface area contributed by atoms with Crippen LogP contribution in [0.15, 0.2) is 24.3 Å². The van der Waals surface area contributed by atoms with Gasteiger partial charge in [0.15, 0.2) is 0 Å². The summed E-state index contributed by atoms with van der Waals surface area (Å²) in [5, 5.41) is 1.84. The van der Waals surface area contributed by atoms with E-state index in [1.807, 2.05) is 5.01 Å². The van der Waals surface area contributed by atoms with Gasteiger partial charge >= 0.3 is 0 Å². The predicted molar refractivity (Wildman–Crippen MR) is 44.8 cm³/mol. The van der Waals surface area contributed by atoms with Crippen molar-refractivity contribution >= 4 is 0 Å². The van der Waals surface area contributed by atoms with Crippen molar-refractivity contribution in [1.29, 1.82) is 0 Å². The molecule has 1 aromatic carbocycles. The molecule has 0 aliphatic carbocycles. The van der Waals surface area contributed by atoms with Gasteiger partial charge in [-0.25, -0.2) is 5.01 Å². The van der Waals surface area contributed by atoms with Crippen molar-refractivity contribution in [3.8, 4) is 0 Å². The summed E-state index contributed by atoms with van der Waals surface area (Å²) >= 11 is 0. The van der Waals surface area contributed by atoms with E-state index in [0.29, 0.717) is 6.04 Å². The molecule has 2 N–H and O–H groups in total. The van der Waals surface area contributed by atoms with Crippen molar-refractivity contribution in [3.63, 3.8) is 0 Å². The lowest BCUT2D eigenvalue weighted by Crippen LogP contribution is -2.05. The normalized spacial score (nSPS) is 28.5. The molecular formula is C9H12N2. The SMILES string of the molecule is Cc1cccc(C2CN2N)c1. The molecule has 1 aliphatic rings. The predicted octanol–water partition coefficient (Wildman–Crippen LogP) is 1.23. The van der Waals surface area contributed by atoms with Crippen LogP contribution < -0.4 is 5.84 Å². The van der Waals surface area contributed by atoms with E-state index < -0.39 is 0 Å². The summed E-state index contributed by atoms with van der Waals surface area (Å²) in [4.78, 5) is 0. The van der Waals surface area contributed by atoms with Crippen LogP contribution in [0, 0.1) is 6.92 Å². The molecule has 0 bridgehead atoms. The highest BCUT2D eigenvalue weighted by Crippen LogP contribution is 2.30. The second kappa shape index (κ2) is 2.32. The van der Waals surface area contributed by atoms with Crippen LogP contribution in [0.1, 0.15) is 17.2 Å². The minimum atomic E-state index is 0.481. The largest absolute Gasteiger partial charge is 0.268 e. The standard InChI is InChI=1S/C9H12N2/c1-7-3-2-4-8(5-7)9-6-11(9)10/h2-5,9H,6,10H2,1H3. The first kappa shape index (κ1) is 6.83. The first-order valence-corrected chi connectivity index (χ1v) is 3.85. The summed E-state index contributed by atoms with van der Waals surface area (Å²) < 4.78 is 0. The molecular weight excluding hydrogens is 136 g/mol. The third-order valence-corrected chi connectivity index (χ3v) is 2.08. The van der Waals surface area contributed by atoms with Crippen LogP contribution in [0.3, 0.4) is 0 Å². The van der Waals surface area contributed by atoms with Crippen molar-refractivity contribution in [3.05, 3.63) is 35.4 Å². The molecule has 0 spiro atoms. The van der Waals surface area contributed by atoms with Gasteiger partial charge in [0, 0.05) is 6.54 Å². The average molecular weight is 148 g/mol. The maximum absolute atomic E-state index is 5.58. The zero-order valence-electron chi connectivity index (χ0n) is 6.62. The molecule has 0 radical (unpaired) electrons. The van der Waals surface area contributed by atoms with Gasteiger partial charge < -0.3 is 0 Å². The molecule has 2 atom stereocenters. The van der Waals surface area contributed by atoms with Crippen LogP contribution in [0.25, 0.3) is 0 Å². The van der Waals surface area contributed by atoms with Gasteiger partial charge in [-0.05, 0) is 12.5 Å². The van der Waals surface area contributed by atoms with Crippen molar-refractivity contribution in [1.82, 2.24) is 5.01 Å². The molecule has 1 heterocycles. The van der Waals surface area contributed by atoms with E-state index in [0.717, 1.165) is 6.54 Å². The minimum Gasteiger partial charge on any atom is -0.268 e. The number of hydrogen-bond donors (Lipinski definition) is 1. The number of hydrogen-bond acceptors (Lipinski definition) is 2. The molecule has 1 aromatic rings. The fraction of sp³-hybridized carbons (Fsp3) is 0.333. The van der Waals surface area contributed by atoms with Crippen molar-refractivity contribution in [2.24, 2.45) is 5.84 Å². The molecule has 2 rings (SSSR count). The summed E-state index contributed by atoms with van der Waals surface area (Å²) in [5.74, 6) is 5.58.